The first-order valence-corrected chi connectivity index (χ1v) is 10.0. The monoisotopic (exact) mass is 396 g/mol. The van der Waals surface area contributed by atoms with Crippen molar-refractivity contribution in [3.05, 3.63) is 72.8 Å². The standard InChI is InChI=1S/C25H32O4/c1-5-10-20-12-14-22(24(18-20)26-3)28-16-8-7-9-17-29-23-15-13-21(11-6-2)19-25(23)27-4/h5-6,12-15,18-19H,1-2,7-11,16-17H2,3-4H3. The predicted octanol–water partition coefficient (Wildman–Crippen LogP) is 5.79. The van der Waals surface area contributed by atoms with Crippen molar-refractivity contribution in [2.24, 2.45) is 0 Å². The molecule has 4 heteroatoms. The van der Waals surface area contributed by atoms with E-state index in [4.69, 9.17) is 18.9 Å². The third-order valence-electron chi connectivity index (χ3n) is 4.52. The number of methoxy groups -OCH3 is 2. The van der Waals surface area contributed by atoms with Gasteiger partial charge in [0.05, 0.1) is 27.4 Å². The van der Waals surface area contributed by atoms with E-state index in [1.807, 2.05) is 48.6 Å². The average molecular weight is 397 g/mol. The van der Waals surface area contributed by atoms with Crippen molar-refractivity contribution >= 4 is 0 Å². The summed E-state index contributed by atoms with van der Waals surface area (Å²) in [6.07, 6.45) is 8.32. The van der Waals surface area contributed by atoms with Crippen LogP contribution in [0.3, 0.4) is 0 Å². The molecule has 0 aliphatic carbocycles. The smallest absolute Gasteiger partial charge is 0.161 e. The highest BCUT2D eigenvalue weighted by Gasteiger charge is 2.07. The fourth-order valence-corrected chi connectivity index (χ4v) is 2.99. The van der Waals surface area contributed by atoms with Gasteiger partial charge in [0.2, 0.25) is 0 Å². The first kappa shape index (κ1) is 22.4. The molecule has 156 valence electrons. The molecule has 0 heterocycles. The van der Waals surface area contributed by atoms with Crippen molar-refractivity contribution in [1.29, 1.82) is 0 Å². The van der Waals surface area contributed by atoms with E-state index in [0.29, 0.717) is 13.2 Å². The molecule has 0 N–H and O–H groups in total. The first-order chi connectivity index (χ1) is 14.2. The minimum Gasteiger partial charge on any atom is -0.493 e. The molecule has 2 aromatic rings. The van der Waals surface area contributed by atoms with Gasteiger partial charge in [0.25, 0.3) is 0 Å². The molecule has 0 saturated heterocycles. The highest BCUT2D eigenvalue weighted by atomic mass is 16.5. The molecule has 2 rings (SSSR count). The largest absolute Gasteiger partial charge is 0.493 e. The van der Waals surface area contributed by atoms with Gasteiger partial charge < -0.3 is 18.9 Å². The normalized spacial score (nSPS) is 10.3. The Labute approximate surface area is 174 Å². The zero-order valence-corrected chi connectivity index (χ0v) is 17.6. The van der Waals surface area contributed by atoms with Gasteiger partial charge in [-0.25, -0.2) is 0 Å². The van der Waals surface area contributed by atoms with Crippen LogP contribution in [0.25, 0.3) is 0 Å². The molecule has 0 atom stereocenters. The Morgan fingerprint density at radius 1 is 0.655 bits per heavy atom. The fourth-order valence-electron chi connectivity index (χ4n) is 2.99. The molecule has 0 unspecified atom stereocenters. The molecule has 0 bridgehead atoms. The van der Waals surface area contributed by atoms with Gasteiger partial charge in [-0.3, -0.25) is 0 Å². The van der Waals surface area contributed by atoms with E-state index in [1.54, 1.807) is 14.2 Å². The zero-order valence-electron chi connectivity index (χ0n) is 17.6. The van der Waals surface area contributed by atoms with Crippen molar-refractivity contribution in [2.45, 2.75) is 32.1 Å². The van der Waals surface area contributed by atoms with Crippen LogP contribution in [0.1, 0.15) is 30.4 Å². The second-order valence-corrected chi connectivity index (χ2v) is 6.71. The molecule has 0 aromatic heterocycles. The van der Waals surface area contributed by atoms with Crippen molar-refractivity contribution in [3.63, 3.8) is 0 Å². The Balaban J connectivity index is 1.70. The van der Waals surface area contributed by atoms with Gasteiger partial charge in [-0.05, 0) is 67.5 Å². The summed E-state index contributed by atoms with van der Waals surface area (Å²) in [5.74, 6) is 3.08. The zero-order chi connectivity index (χ0) is 20.9. The minimum absolute atomic E-state index is 0.650. The second kappa shape index (κ2) is 12.6. The molecule has 0 spiro atoms. The Morgan fingerprint density at radius 3 is 1.48 bits per heavy atom. The lowest BCUT2D eigenvalue weighted by Crippen LogP contribution is -2.03. The lowest BCUT2D eigenvalue weighted by molar-refractivity contribution is 0.264. The molecule has 0 saturated carbocycles. The third kappa shape index (κ3) is 7.22. The van der Waals surface area contributed by atoms with Crippen LogP contribution in [0.2, 0.25) is 0 Å². The molecule has 4 nitrogen and oxygen atoms in total. The van der Waals surface area contributed by atoms with Crippen LogP contribution in [0.5, 0.6) is 23.0 Å². The molecule has 0 aliphatic heterocycles. The summed E-state index contributed by atoms with van der Waals surface area (Å²) in [7, 11) is 3.32. The van der Waals surface area contributed by atoms with Crippen LogP contribution < -0.4 is 18.9 Å². The average Bonchev–Trinajstić information content (AvgIpc) is 2.74. The van der Waals surface area contributed by atoms with Crippen molar-refractivity contribution in [2.75, 3.05) is 27.4 Å². The van der Waals surface area contributed by atoms with E-state index in [9.17, 15) is 0 Å². The number of benzene rings is 2. The van der Waals surface area contributed by atoms with Crippen LogP contribution in [0, 0.1) is 0 Å². The van der Waals surface area contributed by atoms with Crippen molar-refractivity contribution in [3.8, 4) is 23.0 Å². The van der Waals surface area contributed by atoms with Gasteiger partial charge in [0.1, 0.15) is 0 Å². The number of allylic oxidation sites excluding steroid dienone is 2. The summed E-state index contributed by atoms with van der Waals surface area (Å²) in [4.78, 5) is 0. The molecule has 2 aromatic carbocycles. The summed E-state index contributed by atoms with van der Waals surface area (Å²) < 4.78 is 22.6. The number of hydrogen-bond acceptors (Lipinski definition) is 4. The molecule has 0 aliphatic rings. The van der Waals surface area contributed by atoms with Crippen LogP contribution >= 0.6 is 0 Å². The highest BCUT2D eigenvalue weighted by molar-refractivity contribution is 5.44. The predicted molar refractivity (Wildman–Crippen MR) is 119 cm³/mol. The molecule has 29 heavy (non-hydrogen) atoms. The van der Waals surface area contributed by atoms with Gasteiger partial charge in [-0.1, -0.05) is 24.3 Å². The molecular formula is C25H32O4. The molecule has 0 amide bonds. The van der Waals surface area contributed by atoms with E-state index in [1.165, 1.54) is 0 Å². The quantitative estimate of drug-likeness (QED) is 0.299. The van der Waals surface area contributed by atoms with Gasteiger partial charge in [-0.2, -0.15) is 0 Å². The number of ether oxygens (including phenoxy) is 4. The molecular weight excluding hydrogens is 364 g/mol. The molecule has 0 radical (unpaired) electrons. The molecule has 0 fully saturated rings. The second-order valence-electron chi connectivity index (χ2n) is 6.71. The summed E-state index contributed by atoms with van der Waals surface area (Å²) in [6, 6.07) is 12.0. The van der Waals surface area contributed by atoms with Crippen LogP contribution in [0.4, 0.5) is 0 Å². The Morgan fingerprint density at radius 2 is 1.10 bits per heavy atom. The van der Waals surface area contributed by atoms with E-state index in [0.717, 1.165) is 66.2 Å². The van der Waals surface area contributed by atoms with Crippen LogP contribution in [-0.4, -0.2) is 27.4 Å². The Kier molecular flexibility index (Phi) is 9.70. The van der Waals surface area contributed by atoms with Crippen LogP contribution in [0.15, 0.2) is 61.7 Å². The maximum atomic E-state index is 5.88. The maximum absolute atomic E-state index is 5.88. The summed E-state index contributed by atoms with van der Waals surface area (Å²) in [6.45, 7) is 8.83. The van der Waals surface area contributed by atoms with Gasteiger partial charge >= 0.3 is 0 Å². The third-order valence-corrected chi connectivity index (χ3v) is 4.52. The van der Waals surface area contributed by atoms with E-state index >= 15 is 0 Å². The first-order valence-electron chi connectivity index (χ1n) is 10.0. The van der Waals surface area contributed by atoms with Gasteiger partial charge in [-0.15, -0.1) is 13.2 Å². The number of hydrogen-bond donors (Lipinski definition) is 0. The van der Waals surface area contributed by atoms with E-state index in [2.05, 4.69) is 13.2 Å². The SMILES string of the molecule is C=CCc1ccc(OCCCCCOc2ccc(CC=C)cc2OC)c(OC)c1. The van der Waals surface area contributed by atoms with Crippen molar-refractivity contribution in [1.82, 2.24) is 0 Å². The number of rotatable bonds is 14. The van der Waals surface area contributed by atoms with E-state index < -0.39 is 0 Å². The van der Waals surface area contributed by atoms with Gasteiger partial charge in [0, 0.05) is 0 Å². The van der Waals surface area contributed by atoms with Crippen LogP contribution in [-0.2, 0) is 12.8 Å². The fraction of sp³-hybridized carbons (Fsp3) is 0.360. The van der Waals surface area contributed by atoms with Gasteiger partial charge in [0.15, 0.2) is 23.0 Å². The number of unbranched alkanes of at least 4 members (excludes halogenated alkanes) is 2. The minimum atomic E-state index is 0.650. The highest BCUT2D eigenvalue weighted by Crippen LogP contribution is 2.29. The summed E-state index contributed by atoms with van der Waals surface area (Å²) in [5.41, 5.74) is 2.32. The topological polar surface area (TPSA) is 36.9 Å². The Hall–Kier alpha value is -2.88. The lowest BCUT2D eigenvalue weighted by atomic mass is 10.1. The van der Waals surface area contributed by atoms with E-state index in [-0.39, 0.29) is 0 Å². The summed E-state index contributed by atoms with van der Waals surface area (Å²) >= 11 is 0. The maximum Gasteiger partial charge on any atom is 0.161 e. The summed E-state index contributed by atoms with van der Waals surface area (Å²) in [5, 5.41) is 0. The van der Waals surface area contributed by atoms with Crippen molar-refractivity contribution < 1.29 is 18.9 Å². The Bertz CT molecular complexity index is 717. The lowest BCUT2D eigenvalue weighted by Gasteiger charge is -2.13.